The van der Waals surface area contributed by atoms with E-state index in [2.05, 4.69) is 9.97 Å². The maximum Gasteiger partial charge on any atom is 0.160 e. The highest BCUT2D eigenvalue weighted by Crippen LogP contribution is 2.37. The second kappa shape index (κ2) is 5.76. The van der Waals surface area contributed by atoms with Gasteiger partial charge < -0.3 is 9.84 Å². The molecule has 0 bridgehead atoms. The van der Waals surface area contributed by atoms with Crippen molar-refractivity contribution >= 4 is 0 Å². The lowest BCUT2D eigenvalue weighted by atomic mass is 9.93. The summed E-state index contributed by atoms with van der Waals surface area (Å²) in [5, 5.41) is 9.27. The van der Waals surface area contributed by atoms with Gasteiger partial charge >= 0.3 is 0 Å². The summed E-state index contributed by atoms with van der Waals surface area (Å²) >= 11 is 0. The Labute approximate surface area is 108 Å². The van der Waals surface area contributed by atoms with Crippen LogP contribution in [0.4, 0.5) is 0 Å². The van der Waals surface area contributed by atoms with Gasteiger partial charge in [0.25, 0.3) is 0 Å². The molecule has 0 amide bonds. The van der Waals surface area contributed by atoms with Crippen LogP contribution in [0.15, 0.2) is 6.07 Å². The Hall–Kier alpha value is -1.00. The fraction of sp³-hybridized carbons (Fsp3) is 0.714. The minimum absolute atomic E-state index is 0.0455. The number of rotatable bonds is 3. The summed E-state index contributed by atoms with van der Waals surface area (Å²) in [6.45, 7) is 1.89. The third-order valence-corrected chi connectivity index (χ3v) is 3.78. The molecule has 1 aliphatic carbocycles. The highest BCUT2D eigenvalue weighted by atomic mass is 16.5. The maximum atomic E-state index is 9.27. The third-order valence-electron chi connectivity index (χ3n) is 3.78. The van der Waals surface area contributed by atoms with Gasteiger partial charge in [0.05, 0.1) is 12.3 Å². The molecule has 1 aromatic heterocycles. The van der Waals surface area contributed by atoms with E-state index in [1.807, 2.05) is 13.0 Å². The number of aryl methyl sites for hydroxylation is 1. The van der Waals surface area contributed by atoms with Crippen LogP contribution >= 0.6 is 0 Å². The average molecular weight is 250 g/mol. The Balaban J connectivity index is 2.38. The van der Waals surface area contributed by atoms with Gasteiger partial charge in [0, 0.05) is 12.8 Å². The van der Waals surface area contributed by atoms with Crippen molar-refractivity contribution in [3.8, 4) is 0 Å². The van der Waals surface area contributed by atoms with Crippen LogP contribution in [0, 0.1) is 6.92 Å². The molecule has 1 fully saturated rings. The number of aromatic nitrogens is 2. The number of hydrogen-bond donors (Lipinski definition) is 1. The van der Waals surface area contributed by atoms with E-state index in [9.17, 15) is 5.11 Å². The van der Waals surface area contributed by atoms with Gasteiger partial charge in [0.15, 0.2) is 5.82 Å². The van der Waals surface area contributed by atoms with Crippen molar-refractivity contribution in [1.29, 1.82) is 0 Å². The molecule has 18 heavy (non-hydrogen) atoms. The lowest BCUT2D eigenvalue weighted by Gasteiger charge is -2.30. The average Bonchev–Trinajstić information content (AvgIpc) is 2.64. The van der Waals surface area contributed by atoms with Gasteiger partial charge in [0.2, 0.25) is 0 Å². The van der Waals surface area contributed by atoms with Crippen molar-refractivity contribution in [2.24, 2.45) is 0 Å². The highest BCUT2D eigenvalue weighted by Gasteiger charge is 2.36. The molecule has 0 saturated heterocycles. The number of methoxy groups -OCH3 is 1. The second-order valence-electron chi connectivity index (χ2n) is 5.10. The Morgan fingerprint density at radius 3 is 2.44 bits per heavy atom. The molecule has 0 atom stereocenters. The minimum atomic E-state index is -0.355. The lowest BCUT2D eigenvalue weighted by Crippen LogP contribution is -2.31. The second-order valence-corrected chi connectivity index (χ2v) is 5.10. The van der Waals surface area contributed by atoms with Gasteiger partial charge in [-0.1, -0.05) is 25.7 Å². The molecule has 0 aromatic carbocycles. The molecular weight excluding hydrogens is 228 g/mol. The summed E-state index contributed by atoms with van der Waals surface area (Å²) in [5.41, 5.74) is 1.22. The van der Waals surface area contributed by atoms with Crippen molar-refractivity contribution in [1.82, 2.24) is 9.97 Å². The van der Waals surface area contributed by atoms with Crippen LogP contribution in [0.1, 0.15) is 55.7 Å². The predicted octanol–water partition coefficient (Wildman–Crippen LogP) is 2.47. The first-order valence-corrected chi connectivity index (χ1v) is 6.71. The fourth-order valence-electron chi connectivity index (χ4n) is 2.74. The van der Waals surface area contributed by atoms with Crippen LogP contribution in [0.3, 0.4) is 0 Å². The summed E-state index contributed by atoms with van der Waals surface area (Å²) in [7, 11) is 1.75. The molecule has 0 radical (unpaired) electrons. The largest absolute Gasteiger partial charge is 0.390 e. The van der Waals surface area contributed by atoms with E-state index in [1.165, 1.54) is 12.8 Å². The SMILES string of the molecule is COC1(c2nc(C)cc(CO)n2)CCCCCC1. The molecule has 1 saturated carbocycles. The first-order chi connectivity index (χ1) is 8.70. The highest BCUT2D eigenvalue weighted by molar-refractivity contribution is 5.14. The van der Waals surface area contributed by atoms with Gasteiger partial charge in [-0.05, 0) is 25.8 Å². The molecule has 1 aromatic rings. The molecule has 4 nitrogen and oxygen atoms in total. The van der Waals surface area contributed by atoms with Crippen molar-refractivity contribution in [2.45, 2.75) is 57.7 Å². The molecule has 0 aliphatic heterocycles. The van der Waals surface area contributed by atoms with Gasteiger partial charge in [-0.3, -0.25) is 0 Å². The van der Waals surface area contributed by atoms with E-state index in [0.29, 0.717) is 5.69 Å². The van der Waals surface area contributed by atoms with E-state index < -0.39 is 0 Å². The van der Waals surface area contributed by atoms with Crippen molar-refractivity contribution in [3.63, 3.8) is 0 Å². The van der Waals surface area contributed by atoms with Crippen molar-refractivity contribution < 1.29 is 9.84 Å². The van der Waals surface area contributed by atoms with Crippen LogP contribution in [-0.4, -0.2) is 22.2 Å². The Morgan fingerprint density at radius 1 is 1.22 bits per heavy atom. The normalized spacial score (nSPS) is 19.5. The van der Waals surface area contributed by atoms with Crippen LogP contribution in [0.2, 0.25) is 0 Å². The summed E-state index contributed by atoms with van der Waals surface area (Å²) in [6, 6.07) is 1.82. The Bertz CT molecular complexity index is 399. The number of nitrogens with zero attached hydrogens (tertiary/aromatic N) is 2. The van der Waals surface area contributed by atoms with E-state index in [1.54, 1.807) is 7.11 Å². The Kier molecular flexibility index (Phi) is 4.30. The van der Waals surface area contributed by atoms with Crippen LogP contribution in [0.5, 0.6) is 0 Å². The monoisotopic (exact) mass is 250 g/mol. The number of aliphatic hydroxyl groups excluding tert-OH is 1. The molecule has 100 valence electrons. The quantitative estimate of drug-likeness (QED) is 0.837. The van der Waals surface area contributed by atoms with Gasteiger partial charge in [0.1, 0.15) is 5.60 Å². The third kappa shape index (κ3) is 2.70. The smallest absolute Gasteiger partial charge is 0.160 e. The van der Waals surface area contributed by atoms with E-state index in [0.717, 1.165) is 37.2 Å². The van der Waals surface area contributed by atoms with E-state index in [4.69, 9.17) is 4.74 Å². The molecule has 0 unspecified atom stereocenters. The van der Waals surface area contributed by atoms with E-state index >= 15 is 0 Å². The summed E-state index contributed by atoms with van der Waals surface area (Å²) in [6.07, 6.45) is 6.75. The first kappa shape index (κ1) is 13.4. The topological polar surface area (TPSA) is 55.2 Å². The summed E-state index contributed by atoms with van der Waals surface area (Å²) in [4.78, 5) is 9.02. The van der Waals surface area contributed by atoms with Crippen LogP contribution < -0.4 is 0 Å². The van der Waals surface area contributed by atoms with Crippen molar-refractivity contribution in [2.75, 3.05) is 7.11 Å². The number of aliphatic hydroxyl groups is 1. The zero-order chi connectivity index (χ0) is 13.0. The molecule has 1 heterocycles. The number of hydrogen-bond acceptors (Lipinski definition) is 4. The Morgan fingerprint density at radius 2 is 1.89 bits per heavy atom. The zero-order valence-electron chi connectivity index (χ0n) is 11.3. The summed E-state index contributed by atoms with van der Waals surface area (Å²) in [5.74, 6) is 0.746. The molecule has 4 heteroatoms. The van der Waals surface area contributed by atoms with Gasteiger partial charge in [-0.2, -0.15) is 0 Å². The molecular formula is C14H22N2O2. The molecule has 0 spiro atoms. The van der Waals surface area contributed by atoms with Crippen LogP contribution in [-0.2, 0) is 16.9 Å². The zero-order valence-corrected chi connectivity index (χ0v) is 11.3. The van der Waals surface area contributed by atoms with Crippen LogP contribution in [0.25, 0.3) is 0 Å². The van der Waals surface area contributed by atoms with Crippen molar-refractivity contribution in [3.05, 3.63) is 23.3 Å². The maximum absolute atomic E-state index is 9.27. The molecule has 1 N–H and O–H groups in total. The lowest BCUT2D eigenvalue weighted by molar-refractivity contribution is -0.0355. The number of ether oxygens (including phenoxy) is 1. The van der Waals surface area contributed by atoms with Gasteiger partial charge in [-0.25, -0.2) is 9.97 Å². The fourth-order valence-corrected chi connectivity index (χ4v) is 2.74. The predicted molar refractivity (Wildman–Crippen MR) is 69.1 cm³/mol. The molecule has 1 aliphatic rings. The standard InChI is InChI=1S/C14H22N2O2/c1-11-9-12(10-17)16-13(15-11)14(18-2)7-5-3-4-6-8-14/h9,17H,3-8,10H2,1-2H3. The molecule has 2 rings (SSSR count). The van der Waals surface area contributed by atoms with E-state index in [-0.39, 0.29) is 12.2 Å². The first-order valence-electron chi connectivity index (χ1n) is 6.71. The minimum Gasteiger partial charge on any atom is -0.390 e. The summed E-state index contributed by atoms with van der Waals surface area (Å²) < 4.78 is 5.79. The van der Waals surface area contributed by atoms with Gasteiger partial charge in [-0.15, -0.1) is 0 Å².